The van der Waals surface area contributed by atoms with Crippen LogP contribution in [0.15, 0.2) is 89.9 Å². The molecule has 36 heavy (non-hydrogen) atoms. The molecule has 1 N–H and O–H groups in total. The van der Waals surface area contributed by atoms with Crippen molar-refractivity contribution >= 4 is 28.1 Å². The van der Waals surface area contributed by atoms with E-state index in [0.29, 0.717) is 12.2 Å². The molecular formula is C28H22N6O2. The van der Waals surface area contributed by atoms with E-state index in [9.17, 15) is 4.79 Å². The van der Waals surface area contributed by atoms with Gasteiger partial charge in [0.15, 0.2) is 5.82 Å². The highest BCUT2D eigenvalue weighted by Gasteiger charge is 2.20. The lowest BCUT2D eigenvalue weighted by Crippen LogP contribution is -2.13. The monoisotopic (exact) mass is 474 g/mol. The van der Waals surface area contributed by atoms with E-state index in [1.165, 1.54) is 0 Å². The smallest absolute Gasteiger partial charge is 0.246 e. The highest BCUT2D eigenvalue weighted by Crippen LogP contribution is 2.31. The van der Waals surface area contributed by atoms with Crippen LogP contribution in [-0.2, 0) is 11.2 Å². The maximum absolute atomic E-state index is 12.5. The number of hydrogen-bond acceptors (Lipinski definition) is 6. The SMILES string of the molecule is COc1ccccc1Cc1nnnn1-c1ccc(C2=NCC(=O)Nc3c2ccc2ccccc32)cc1. The van der Waals surface area contributed by atoms with E-state index in [1.807, 2.05) is 78.9 Å². The molecule has 1 aromatic heterocycles. The number of nitrogens with one attached hydrogen (secondary N) is 1. The highest BCUT2D eigenvalue weighted by atomic mass is 16.5. The highest BCUT2D eigenvalue weighted by molar-refractivity contribution is 6.23. The molecule has 1 aliphatic heterocycles. The van der Waals surface area contributed by atoms with E-state index in [0.717, 1.165) is 50.3 Å². The van der Waals surface area contributed by atoms with Gasteiger partial charge in [-0.3, -0.25) is 9.79 Å². The van der Waals surface area contributed by atoms with Crippen LogP contribution >= 0.6 is 0 Å². The van der Waals surface area contributed by atoms with Crippen molar-refractivity contribution in [3.05, 3.63) is 107 Å². The number of hydrogen-bond donors (Lipinski definition) is 1. The summed E-state index contributed by atoms with van der Waals surface area (Å²) in [6.45, 7) is 0.0656. The maximum Gasteiger partial charge on any atom is 0.246 e. The van der Waals surface area contributed by atoms with Gasteiger partial charge in [-0.25, -0.2) is 0 Å². The Bertz CT molecular complexity index is 1620. The number of amides is 1. The van der Waals surface area contributed by atoms with Crippen LogP contribution in [0.1, 0.15) is 22.5 Å². The normalized spacial score (nSPS) is 13.0. The summed E-state index contributed by atoms with van der Waals surface area (Å²) >= 11 is 0. The number of aromatic nitrogens is 4. The summed E-state index contributed by atoms with van der Waals surface area (Å²) in [7, 11) is 1.65. The topological polar surface area (TPSA) is 94.3 Å². The Labute approximate surface area is 207 Å². The molecule has 6 rings (SSSR count). The average Bonchev–Trinajstić information content (AvgIpc) is 3.30. The molecule has 0 aliphatic carbocycles. The van der Waals surface area contributed by atoms with Gasteiger partial charge in [0.05, 0.1) is 24.2 Å². The van der Waals surface area contributed by atoms with Crippen molar-refractivity contribution in [1.82, 2.24) is 20.2 Å². The van der Waals surface area contributed by atoms with Crippen molar-refractivity contribution in [2.24, 2.45) is 4.99 Å². The Morgan fingerprint density at radius 3 is 2.61 bits per heavy atom. The third-order valence-corrected chi connectivity index (χ3v) is 6.29. The van der Waals surface area contributed by atoms with Crippen LogP contribution in [0.25, 0.3) is 16.5 Å². The van der Waals surface area contributed by atoms with E-state index < -0.39 is 0 Å². The third-order valence-electron chi connectivity index (χ3n) is 6.29. The lowest BCUT2D eigenvalue weighted by Gasteiger charge is -2.13. The Morgan fingerprint density at radius 2 is 1.75 bits per heavy atom. The number of carbonyl (C=O) groups is 1. The Balaban J connectivity index is 1.35. The summed E-state index contributed by atoms with van der Waals surface area (Å²) in [5.41, 5.74) is 5.19. The number of para-hydroxylation sites is 1. The minimum atomic E-state index is -0.131. The first kappa shape index (κ1) is 21.7. The van der Waals surface area contributed by atoms with Gasteiger partial charge < -0.3 is 10.1 Å². The second-order valence-corrected chi connectivity index (χ2v) is 8.46. The van der Waals surface area contributed by atoms with Gasteiger partial charge in [0, 0.05) is 28.5 Å². The first-order chi connectivity index (χ1) is 17.7. The zero-order valence-corrected chi connectivity index (χ0v) is 19.5. The van der Waals surface area contributed by atoms with Crippen molar-refractivity contribution in [2.45, 2.75) is 6.42 Å². The van der Waals surface area contributed by atoms with Crippen LogP contribution in [0.2, 0.25) is 0 Å². The Kier molecular flexibility index (Phi) is 5.46. The van der Waals surface area contributed by atoms with Crippen LogP contribution < -0.4 is 10.1 Å². The summed E-state index contributed by atoms with van der Waals surface area (Å²) in [5.74, 6) is 1.36. The van der Waals surface area contributed by atoms with Gasteiger partial charge in [0.25, 0.3) is 0 Å². The number of fused-ring (bicyclic) bond motifs is 3. The second-order valence-electron chi connectivity index (χ2n) is 8.46. The minimum absolute atomic E-state index is 0.0656. The Hall–Kier alpha value is -4.85. The second kappa shape index (κ2) is 9.07. The molecule has 0 fully saturated rings. The number of benzene rings is 4. The first-order valence-corrected chi connectivity index (χ1v) is 11.6. The van der Waals surface area contributed by atoms with Crippen LogP contribution in [0.3, 0.4) is 0 Å². The van der Waals surface area contributed by atoms with Crippen molar-refractivity contribution < 1.29 is 9.53 Å². The number of ether oxygens (including phenoxy) is 1. The number of aliphatic imine (C=N–C) groups is 1. The molecule has 0 radical (unpaired) electrons. The predicted octanol–water partition coefficient (Wildman–Crippen LogP) is 4.20. The molecule has 0 atom stereocenters. The average molecular weight is 475 g/mol. The molecule has 0 unspecified atom stereocenters. The fraction of sp³-hybridized carbons (Fsp3) is 0.107. The summed E-state index contributed by atoms with van der Waals surface area (Å²) < 4.78 is 7.20. The molecule has 5 aromatic rings. The van der Waals surface area contributed by atoms with Gasteiger partial charge in [-0.1, -0.05) is 66.7 Å². The molecule has 8 nitrogen and oxygen atoms in total. The maximum atomic E-state index is 12.5. The van der Waals surface area contributed by atoms with E-state index in [2.05, 4.69) is 31.9 Å². The molecular weight excluding hydrogens is 452 g/mol. The molecule has 1 aliphatic rings. The molecule has 8 heteroatoms. The number of rotatable bonds is 5. The molecule has 0 saturated carbocycles. The van der Waals surface area contributed by atoms with Gasteiger partial charge in [0.2, 0.25) is 5.91 Å². The van der Waals surface area contributed by atoms with E-state index >= 15 is 0 Å². The molecule has 176 valence electrons. The lowest BCUT2D eigenvalue weighted by molar-refractivity contribution is -0.114. The van der Waals surface area contributed by atoms with Crippen LogP contribution in [0.4, 0.5) is 5.69 Å². The number of tetrazole rings is 1. The largest absolute Gasteiger partial charge is 0.496 e. The predicted molar refractivity (Wildman–Crippen MR) is 138 cm³/mol. The molecule has 4 aromatic carbocycles. The van der Waals surface area contributed by atoms with E-state index in [1.54, 1.807) is 11.8 Å². The van der Waals surface area contributed by atoms with Gasteiger partial charge >= 0.3 is 0 Å². The first-order valence-electron chi connectivity index (χ1n) is 11.6. The quantitative estimate of drug-likeness (QED) is 0.412. The van der Waals surface area contributed by atoms with Crippen LogP contribution in [0.5, 0.6) is 5.75 Å². The summed E-state index contributed by atoms with van der Waals surface area (Å²) in [6, 6.07) is 27.8. The molecule has 0 saturated heterocycles. The molecule has 1 amide bonds. The molecule has 0 spiro atoms. The zero-order chi connectivity index (χ0) is 24.5. The van der Waals surface area contributed by atoms with Crippen molar-refractivity contribution in [3.8, 4) is 11.4 Å². The number of nitrogens with zero attached hydrogens (tertiary/aromatic N) is 5. The standard InChI is InChI=1S/C28H22N6O2/c1-36-24-9-5-3-7-20(24)16-25-31-32-33-34(25)21-13-10-19(11-14-21)27-23-15-12-18-6-2-4-8-22(18)28(23)30-26(35)17-29-27/h2-15H,16-17H2,1H3,(H,30,35). The van der Waals surface area contributed by atoms with E-state index in [4.69, 9.17) is 4.74 Å². The van der Waals surface area contributed by atoms with Gasteiger partial charge in [-0.05, 0) is 34.0 Å². The van der Waals surface area contributed by atoms with Gasteiger partial charge in [0.1, 0.15) is 12.3 Å². The third kappa shape index (κ3) is 3.88. The number of anilines is 1. The van der Waals surface area contributed by atoms with E-state index in [-0.39, 0.29) is 12.5 Å². The molecule has 2 heterocycles. The number of methoxy groups -OCH3 is 1. The summed E-state index contributed by atoms with van der Waals surface area (Å²) in [4.78, 5) is 17.1. The fourth-order valence-corrected chi connectivity index (χ4v) is 4.56. The van der Waals surface area contributed by atoms with Crippen LogP contribution in [-0.4, -0.2) is 45.5 Å². The summed E-state index contributed by atoms with van der Waals surface area (Å²) in [5, 5.41) is 17.4. The van der Waals surface area contributed by atoms with Crippen molar-refractivity contribution in [3.63, 3.8) is 0 Å². The number of carbonyl (C=O) groups excluding carboxylic acids is 1. The molecule has 0 bridgehead atoms. The van der Waals surface area contributed by atoms with Crippen molar-refractivity contribution in [1.29, 1.82) is 0 Å². The van der Waals surface area contributed by atoms with Gasteiger partial charge in [-0.15, -0.1) is 5.10 Å². The minimum Gasteiger partial charge on any atom is -0.496 e. The lowest BCUT2D eigenvalue weighted by atomic mass is 9.96. The van der Waals surface area contributed by atoms with Gasteiger partial charge in [-0.2, -0.15) is 4.68 Å². The Morgan fingerprint density at radius 1 is 0.944 bits per heavy atom. The fourth-order valence-electron chi connectivity index (χ4n) is 4.56. The van der Waals surface area contributed by atoms with Crippen LogP contribution in [0, 0.1) is 0 Å². The summed E-state index contributed by atoms with van der Waals surface area (Å²) in [6.07, 6.45) is 0.527. The van der Waals surface area contributed by atoms with Crippen molar-refractivity contribution in [2.75, 3.05) is 19.0 Å². The zero-order valence-electron chi connectivity index (χ0n) is 19.5.